The van der Waals surface area contributed by atoms with Crippen LogP contribution in [0.5, 0.6) is 11.5 Å². The molecule has 5 heteroatoms. The van der Waals surface area contributed by atoms with Gasteiger partial charge in [0.25, 0.3) is 0 Å². The predicted molar refractivity (Wildman–Crippen MR) is 94.3 cm³/mol. The van der Waals surface area contributed by atoms with Gasteiger partial charge in [0.15, 0.2) is 11.5 Å². The molecule has 1 saturated carbocycles. The van der Waals surface area contributed by atoms with Crippen LogP contribution in [0.4, 0.5) is 0 Å². The summed E-state index contributed by atoms with van der Waals surface area (Å²) < 4.78 is 11.2. The highest BCUT2D eigenvalue weighted by Crippen LogP contribution is 2.32. The average Bonchev–Trinajstić information content (AvgIpc) is 3.50. The van der Waals surface area contributed by atoms with Crippen LogP contribution in [-0.2, 0) is 17.9 Å². The van der Waals surface area contributed by atoms with Gasteiger partial charge < -0.3 is 19.9 Å². The lowest BCUT2D eigenvalue weighted by molar-refractivity contribution is -0.130. The van der Waals surface area contributed by atoms with Gasteiger partial charge in [0, 0.05) is 6.54 Å². The minimum atomic E-state index is -0.893. The number of amides is 1. The Bertz CT molecular complexity index is 713. The molecule has 1 amide bonds. The van der Waals surface area contributed by atoms with Crippen molar-refractivity contribution in [3.63, 3.8) is 0 Å². The van der Waals surface area contributed by atoms with E-state index in [9.17, 15) is 9.90 Å². The highest BCUT2D eigenvalue weighted by atomic mass is 16.5. The largest absolute Gasteiger partial charge is 0.493 e. The molecule has 132 valence electrons. The molecule has 0 bridgehead atoms. The van der Waals surface area contributed by atoms with Gasteiger partial charge >= 0.3 is 0 Å². The molecule has 5 nitrogen and oxygen atoms in total. The fourth-order valence-electron chi connectivity index (χ4n) is 2.60. The summed E-state index contributed by atoms with van der Waals surface area (Å²) in [5, 5.41) is 12.6. The molecule has 0 spiro atoms. The van der Waals surface area contributed by atoms with Gasteiger partial charge in [-0.25, -0.2) is 0 Å². The van der Waals surface area contributed by atoms with Crippen molar-refractivity contribution in [1.82, 2.24) is 5.32 Å². The van der Waals surface area contributed by atoms with E-state index in [0.717, 1.165) is 24.0 Å². The third-order valence-corrected chi connectivity index (χ3v) is 4.27. The van der Waals surface area contributed by atoms with E-state index in [-0.39, 0.29) is 11.8 Å². The maximum Gasteiger partial charge on any atom is 0.249 e. The van der Waals surface area contributed by atoms with E-state index in [2.05, 4.69) is 5.32 Å². The van der Waals surface area contributed by atoms with Gasteiger partial charge in [-0.1, -0.05) is 36.4 Å². The van der Waals surface area contributed by atoms with Crippen molar-refractivity contribution in [2.24, 2.45) is 5.92 Å². The Labute approximate surface area is 147 Å². The molecule has 0 aliphatic heterocycles. The molecular formula is C20H23NO4. The van der Waals surface area contributed by atoms with Gasteiger partial charge in [0.2, 0.25) is 5.91 Å². The lowest BCUT2D eigenvalue weighted by Crippen LogP contribution is -2.35. The van der Waals surface area contributed by atoms with E-state index in [1.807, 2.05) is 48.5 Å². The van der Waals surface area contributed by atoms with Crippen molar-refractivity contribution >= 4 is 5.91 Å². The van der Waals surface area contributed by atoms with E-state index in [4.69, 9.17) is 9.47 Å². The topological polar surface area (TPSA) is 67.8 Å². The Balaban J connectivity index is 1.58. The number of carbonyl (C=O) groups is 1. The normalized spacial score (nSPS) is 14.6. The Morgan fingerprint density at radius 3 is 2.60 bits per heavy atom. The molecule has 0 aromatic heterocycles. The van der Waals surface area contributed by atoms with Gasteiger partial charge in [-0.15, -0.1) is 0 Å². The summed E-state index contributed by atoms with van der Waals surface area (Å²) in [5.41, 5.74) is 1.97. The molecule has 0 saturated heterocycles. The maximum absolute atomic E-state index is 11.9. The minimum Gasteiger partial charge on any atom is -0.493 e. The highest BCUT2D eigenvalue weighted by molar-refractivity contribution is 5.81. The fourth-order valence-corrected chi connectivity index (χ4v) is 2.60. The number of nitrogens with one attached hydrogen (secondary N) is 1. The zero-order chi connectivity index (χ0) is 17.6. The van der Waals surface area contributed by atoms with E-state index >= 15 is 0 Å². The van der Waals surface area contributed by atoms with Gasteiger partial charge in [-0.2, -0.15) is 0 Å². The number of carbonyl (C=O) groups excluding carboxylic acids is 1. The summed E-state index contributed by atoms with van der Waals surface area (Å²) in [6.07, 6.45) is 0.960. The molecule has 3 rings (SSSR count). The molecule has 0 heterocycles. The number of ether oxygens (including phenoxy) is 2. The number of hydrogen-bond donors (Lipinski definition) is 2. The van der Waals surface area contributed by atoms with Crippen molar-refractivity contribution < 1.29 is 19.4 Å². The molecule has 1 fully saturated rings. The van der Waals surface area contributed by atoms with Crippen molar-refractivity contribution in [3.05, 3.63) is 59.7 Å². The van der Waals surface area contributed by atoms with E-state index in [0.29, 0.717) is 24.7 Å². The number of rotatable bonds is 8. The van der Waals surface area contributed by atoms with Crippen LogP contribution in [0, 0.1) is 5.92 Å². The Kier molecular flexibility index (Phi) is 5.56. The third kappa shape index (κ3) is 4.73. The molecule has 0 radical (unpaired) electrons. The first kappa shape index (κ1) is 17.3. The number of aliphatic hydroxyl groups is 1. The molecule has 1 atom stereocenters. The number of benzene rings is 2. The summed E-state index contributed by atoms with van der Waals surface area (Å²) in [7, 11) is 1.59. The minimum absolute atomic E-state index is 0.128. The Morgan fingerprint density at radius 2 is 1.92 bits per heavy atom. The monoisotopic (exact) mass is 341 g/mol. The summed E-state index contributed by atoms with van der Waals surface area (Å²) in [5.74, 6) is 1.08. The fraction of sp³-hybridized carbons (Fsp3) is 0.350. The second kappa shape index (κ2) is 8.03. The van der Waals surface area contributed by atoms with Gasteiger partial charge in [-0.3, -0.25) is 4.79 Å². The van der Waals surface area contributed by atoms with E-state index < -0.39 is 6.10 Å². The zero-order valence-electron chi connectivity index (χ0n) is 14.3. The quantitative estimate of drug-likeness (QED) is 0.775. The Hall–Kier alpha value is -2.53. The van der Waals surface area contributed by atoms with Crippen LogP contribution in [0.3, 0.4) is 0 Å². The molecule has 0 unspecified atom stereocenters. The van der Waals surface area contributed by atoms with Gasteiger partial charge in [0.05, 0.1) is 7.11 Å². The van der Waals surface area contributed by atoms with Crippen LogP contribution in [0.2, 0.25) is 0 Å². The average molecular weight is 341 g/mol. The molecule has 1 aliphatic carbocycles. The van der Waals surface area contributed by atoms with Crippen LogP contribution < -0.4 is 14.8 Å². The molecule has 1 aliphatic rings. The first-order chi connectivity index (χ1) is 12.2. The maximum atomic E-state index is 11.9. The number of aliphatic hydroxyl groups excluding tert-OH is 1. The lowest BCUT2D eigenvalue weighted by atomic mass is 10.1. The standard InChI is InChI=1S/C20H23NO4/c1-24-18-11-15(12-21-20(23)19(22)16-8-9-16)7-10-17(18)25-13-14-5-3-2-4-6-14/h2-7,10-11,16,19,22H,8-9,12-13H2,1H3,(H,21,23)/t19-/m1/s1. The van der Waals surface area contributed by atoms with Crippen molar-refractivity contribution in [3.8, 4) is 11.5 Å². The van der Waals surface area contributed by atoms with Crippen molar-refractivity contribution in [2.45, 2.75) is 32.1 Å². The predicted octanol–water partition coefficient (Wildman–Crippen LogP) is 2.66. The molecule has 25 heavy (non-hydrogen) atoms. The third-order valence-electron chi connectivity index (χ3n) is 4.27. The molecule has 2 aromatic rings. The second-order valence-corrected chi connectivity index (χ2v) is 6.26. The lowest BCUT2D eigenvalue weighted by Gasteiger charge is -2.14. The second-order valence-electron chi connectivity index (χ2n) is 6.26. The van der Waals surface area contributed by atoms with Crippen LogP contribution >= 0.6 is 0 Å². The SMILES string of the molecule is COc1cc(CNC(=O)[C@H](O)C2CC2)ccc1OCc1ccccc1. The first-order valence-corrected chi connectivity index (χ1v) is 8.47. The number of methoxy groups -OCH3 is 1. The zero-order valence-corrected chi connectivity index (χ0v) is 14.3. The molecular weight excluding hydrogens is 318 g/mol. The van der Waals surface area contributed by atoms with Crippen molar-refractivity contribution in [2.75, 3.05) is 7.11 Å². The molecule has 2 N–H and O–H groups in total. The Morgan fingerprint density at radius 1 is 1.16 bits per heavy atom. The van der Waals surface area contributed by atoms with E-state index in [1.165, 1.54) is 0 Å². The van der Waals surface area contributed by atoms with E-state index in [1.54, 1.807) is 7.11 Å². The van der Waals surface area contributed by atoms with Gasteiger partial charge in [0.1, 0.15) is 12.7 Å². The highest BCUT2D eigenvalue weighted by Gasteiger charge is 2.34. The summed E-state index contributed by atoms with van der Waals surface area (Å²) in [6, 6.07) is 15.5. The van der Waals surface area contributed by atoms with Crippen LogP contribution in [0.25, 0.3) is 0 Å². The number of hydrogen-bond acceptors (Lipinski definition) is 4. The smallest absolute Gasteiger partial charge is 0.249 e. The van der Waals surface area contributed by atoms with Crippen molar-refractivity contribution in [1.29, 1.82) is 0 Å². The first-order valence-electron chi connectivity index (χ1n) is 8.47. The summed E-state index contributed by atoms with van der Waals surface area (Å²) in [6.45, 7) is 0.804. The van der Waals surface area contributed by atoms with Crippen LogP contribution in [-0.4, -0.2) is 24.2 Å². The van der Waals surface area contributed by atoms with Gasteiger partial charge in [-0.05, 0) is 42.0 Å². The van der Waals surface area contributed by atoms with Crippen LogP contribution in [0.15, 0.2) is 48.5 Å². The molecule has 2 aromatic carbocycles. The van der Waals surface area contributed by atoms with Crippen LogP contribution in [0.1, 0.15) is 24.0 Å². The summed E-state index contributed by atoms with van der Waals surface area (Å²) >= 11 is 0. The summed E-state index contributed by atoms with van der Waals surface area (Å²) in [4.78, 5) is 11.9.